The van der Waals surface area contributed by atoms with Crippen LogP contribution in [0.5, 0.6) is 0 Å². The zero-order valence-electron chi connectivity index (χ0n) is 10.2. The number of halogens is 2. The SMILES string of the molecule is Cc1nc(CN(C)C(=O)c2cc(Cl)nnc2Cl)cs1. The van der Waals surface area contributed by atoms with Gasteiger partial charge in [-0.15, -0.1) is 21.5 Å². The summed E-state index contributed by atoms with van der Waals surface area (Å²) in [6.45, 7) is 2.32. The van der Waals surface area contributed by atoms with Crippen molar-refractivity contribution < 1.29 is 4.79 Å². The van der Waals surface area contributed by atoms with E-state index in [2.05, 4.69) is 15.2 Å². The highest BCUT2D eigenvalue weighted by Crippen LogP contribution is 2.18. The van der Waals surface area contributed by atoms with Crippen LogP contribution in [-0.4, -0.2) is 33.0 Å². The lowest BCUT2D eigenvalue weighted by atomic mass is 10.2. The Kier molecular flexibility index (Phi) is 4.34. The quantitative estimate of drug-likeness (QED) is 0.873. The Morgan fingerprint density at radius 2 is 2.16 bits per heavy atom. The minimum Gasteiger partial charge on any atom is -0.336 e. The second-order valence-corrected chi connectivity index (χ2v) is 5.70. The third-order valence-corrected chi connectivity index (χ3v) is 3.65. The van der Waals surface area contributed by atoms with Crippen molar-refractivity contribution in [2.24, 2.45) is 0 Å². The molecule has 0 spiro atoms. The third kappa shape index (κ3) is 3.40. The summed E-state index contributed by atoms with van der Waals surface area (Å²) in [5.41, 5.74) is 1.07. The summed E-state index contributed by atoms with van der Waals surface area (Å²) >= 11 is 13.1. The number of carbonyl (C=O) groups is 1. The fourth-order valence-corrected chi connectivity index (χ4v) is 2.43. The molecular weight excluding hydrogens is 307 g/mol. The standard InChI is InChI=1S/C11H10Cl2N4OS/c1-6-14-7(5-19-6)4-17(2)11(18)8-3-9(12)15-16-10(8)13/h3,5H,4H2,1-2H3. The van der Waals surface area contributed by atoms with Gasteiger partial charge in [0.1, 0.15) is 0 Å². The molecule has 2 heterocycles. The van der Waals surface area contributed by atoms with Gasteiger partial charge in [-0.25, -0.2) is 4.98 Å². The summed E-state index contributed by atoms with van der Waals surface area (Å²) in [6.07, 6.45) is 0. The zero-order chi connectivity index (χ0) is 14.0. The first-order chi connectivity index (χ1) is 8.97. The Balaban J connectivity index is 2.16. The number of aromatic nitrogens is 3. The van der Waals surface area contributed by atoms with Gasteiger partial charge in [0.15, 0.2) is 10.3 Å². The number of thiazole rings is 1. The van der Waals surface area contributed by atoms with Crippen molar-refractivity contribution in [3.05, 3.63) is 38.0 Å². The zero-order valence-corrected chi connectivity index (χ0v) is 12.6. The van der Waals surface area contributed by atoms with Crippen LogP contribution in [0.15, 0.2) is 11.4 Å². The van der Waals surface area contributed by atoms with E-state index in [9.17, 15) is 4.79 Å². The summed E-state index contributed by atoms with van der Waals surface area (Å²) in [5.74, 6) is -0.271. The van der Waals surface area contributed by atoms with E-state index in [1.54, 1.807) is 18.4 Å². The number of carbonyl (C=O) groups excluding carboxylic acids is 1. The molecular formula is C11H10Cl2N4OS. The van der Waals surface area contributed by atoms with Gasteiger partial charge in [-0.3, -0.25) is 4.79 Å². The highest BCUT2D eigenvalue weighted by molar-refractivity contribution is 7.09. The van der Waals surface area contributed by atoms with Crippen LogP contribution in [-0.2, 0) is 6.54 Å². The maximum absolute atomic E-state index is 12.2. The van der Waals surface area contributed by atoms with Crippen molar-refractivity contribution >= 4 is 40.4 Å². The van der Waals surface area contributed by atoms with Gasteiger partial charge in [0.25, 0.3) is 5.91 Å². The van der Waals surface area contributed by atoms with Gasteiger partial charge in [0, 0.05) is 12.4 Å². The summed E-state index contributed by atoms with van der Waals surface area (Å²) in [6, 6.07) is 1.40. The van der Waals surface area contributed by atoms with E-state index in [-0.39, 0.29) is 21.8 Å². The fraction of sp³-hybridized carbons (Fsp3) is 0.273. The largest absolute Gasteiger partial charge is 0.336 e. The average Bonchev–Trinajstić information content (AvgIpc) is 2.77. The molecule has 0 aromatic carbocycles. The minimum absolute atomic E-state index is 0.0377. The van der Waals surface area contributed by atoms with Gasteiger partial charge in [0.05, 0.1) is 22.8 Å². The van der Waals surface area contributed by atoms with Crippen molar-refractivity contribution in [3.63, 3.8) is 0 Å². The average molecular weight is 317 g/mol. The molecule has 2 aromatic rings. The molecule has 0 N–H and O–H groups in total. The summed E-state index contributed by atoms with van der Waals surface area (Å²) in [5, 5.41) is 10.2. The van der Waals surface area contributed by atoms with Crippen molar-refractivity contribution in [1.29, 1.82) is 0 Å². The van der Waals surface area contributed by atoms with E-state index in [0.717, 1.165) is 10.7 Å². The smallest absolute Gasteiger partial charge is 0.257 e. The lowest BCUT2D eigenvalue weighted by molar-refractivity contribution is 0.0783. The Hall–Kier alpha value is -1.24. The minimum atomic E-state index is -0.271. The van der Waals surface area contributed by atoms with Crippen molar-refractivity contribution in [3.8, 4) is 0 Å². The molecule has 0 bridgehead atoms. The first-order valence-electron chi connectivity index (χ1n) is 5.32. The number of amides is 1. The maximum atomic E-state index is 12.2. The van der Waals surface area contributed by atoms with Crippen molar-refractivity contribution in [2.75, 3.05) is 7.05 Å². The molecule has 0 atom stereocenters. The second kappa shape index (κ2) is 5.81. The maximum Gasteiger partial charge on any atom is 0.257 e. The normalized spacial score (nSPS) is 10.5. The molecule has 100 valence electrons. The molecule has 2 aromatic heterocycles. The molecule has 0 radical (unpaired) electrons. The van der Waals surface area contributed by atoms with E-state index in [1.165, 1.54) is 11.0 Å². The summed E-state index contributed by atoms with van der Waals surface area (Å²) in [4.78, 5) is 18.0. The van der Waals surface area contributed by atoms with Gasteiger partial charge < -0.3 is 4.90 Å². The predicted octanol–water partition coefficient (Wildman–Crippen LogP) is 2.82. The first kappa shape index (κ1) is 14.2. The number of hydrogen-bond donors (Lipinski definition) is 0. The van der Waals surface area contributed by atoms with Crippen LogP contribution in [0.3, 0.4) is 0 Å². The van der Waals surface area contributed by atoms with Crippen LogP contribution < -0.4 is 0 Å². The van der Waals surface area contributed by atoms with Gasteiger partial charge in [-0.1, -0.05) is 23.2 Å². The second-order valence-electron chi connectivity index (χ2n) is 3.89. The topological polar surface area (TPSA) is 59.0 Å². The molecule has 19 heavy (non-hydrogen) atoms. The van der Waals surface area contributed by atoms with Gasteiger partial charge in [-0.05, 0) is 13.0 Å². The molecule has 8 heteroatoms. The molecule has 0 aliphatic carbocycles. The van der Waals surface area contributed by atoms with Crippen LogP contribution in [0.25, 0.3) is 0 Å². The summed E-state index contributed by atoms with van der Waals surface area (Å²) in [7, 11) is 1.67. The summed E-state index contributed by atoms with van der Waals surface area (Å²) < 4.78 is 0. The molecule has 0 aliphatic heterocycles. The van der Waals surface area contributed by atoms with Crippen LogP contribution in [0, 0.1) is 6.92 Å². The van der Waals surface area contributed by atoms with Gasteiger partial charge >= 0.3 is 0 Å². The lowest BCUT2D eigenvalue weighted by Crippen LogP contribution is -2.27. The fourth-order valence-electron chi connectivity index (χ4n) is 1.50. The van der Waals surface area contributed by atoms with Crippen LogP contribution in [0.1, 0.15) is 21.1 Å². The van der Waals surface area contributed by atoms with Crippen LogP contribution in [0.2, 0.25) is 10.3 Å². The molecule has 1 amide bonds. The van der Waals surface area contributed by atoms with Gasteiger partial charge in [0.2, 0.25) is 0 Å². The molecule has 0 aliphatic rings. The predicted molar refractivity (Wildman–Crippen MR) is 74.7 cm³/mol. The lowest BCUT2D eigenvalue weighted by Gasteiger charge is -2.16. The van der Waals surface area contributed by atoms with E-state index in [4.69, 9.17) is 23.2 Å². The number of aryl methyl sites for hydroxylation is 1. The molecule has 0 unspecified atom stereocenters. The Bertz CT molecular complexity index is 616. The molecule has 2 rings (SSSR count). The van der Waals surface area contributed by atoms with E-state index >= 15 is 0 Å². The van der Waals surface area contributed by atoms with Crippen molar-refractivity contribution in [2.45, 2.75) is 13.5 Å². The van der Waals surface area contributed by atoms with E-state index in [0.29, 0.717) is 6.54 Å². The Labute approximate surface area is 124 Å². The molecule has 0 fully saturated rings. The third-order valence-electron chi connectivity index (χ3n) is 2.36. The number of rotatable bonds is 3. The van der Waals surface area contributed by atoms with Gasteiger partial charge in [-0.2, -0.15) is 0 Å². The number of nitrogens with zero attached hydrogens (tertiary/aromatic N) is 4. The monoisotopic (exact) mass is 316 g/mol. The molecule has 0 saturated heterocycles. The highest BCUT2D eigenvalue weighted by Gasteiger charge is 2.18. The van der Waals surface area contributed by atoms with Crippen molar-refractivity contribution in [1.82, 2.24) is 20.1 Å². The molecule has 0 saturated carbocycles. The van der Waals surface area contributed by atoms with Crippen LogP contribution >= 0.6 is 34.5 Å². The molecule has 5 nitrogen and oxygen atoms in total. The van der Waals surface area contributed by atoms with Crippen LogP contribution in [0.4, 0.5) is 0 Å². The Morgan fingerprint density at radius 1 is 1.42 bits per heavy atom. The Morgan fingerprint density at radius 3 is 2.79 bits per heavy atom. The van der Waals surface area contributed by atoms with E-state index in [1.807, 2.05) is 12.3 Å². The van der Waals surface area contributed by atoms with E-state index < -0.39 is 0 Å². The first-order valence-corrected chi connectivity index (χ1v) is 6.96. The number of hydrogen-bond acceptors (Lipinski definition) is 5. The highest BCUT2D eigenvalue weighted by atomic mass is 35.5.